The van der Waals surface area contributed by atoms with Crippen LogP contribution in [0.15, 0.2) is 67.8 Å². The molecule has 1 N–H and O–H groups in total. The number of nitrogens with zero attached hydrogens (tertiary/aromatic N) is 2. The molecule has 3 heterocycles. The minimum Gasteiger partial charge on any atom is -0.461 e. The molecular weight excluding hydrogens is 532 g/mol. The van der Waals surface area contributed by atoms with E-state index in [0.29, 0.717) is 18.5 Å². The third kappa shape index (κ3) is 4.56. The number of fused-ring (bicyclic) bond motifs is 2. The summed E-state index contributed by atoms with van der Waals surface area (Å²) < 4.78 is 12.3. The fourth-order valence-corrected chi connectivity index (χ4v) is 7.70. The molecule has 0 saturated carbocycles. The number of likely N-dealkylation sites (tertiary alicyclic amines) is 1. The first-order valence-corrected chi connectivity index (χ1v) is 14.9. The molecule has 5 rings (SSSR count). The van der Waals surface area contributed by atoms with Gasteiger partial charge >= 0.3 is 5.97 Å². The maximum atomic E-state index is 14.9. The van der Waals surface area contributed by atoms with Gasteiger partial charge in [-0.15, -0.1) is 6.58 Å². The van der Waals surface area contributed by atoms with E-state index < -0.39 is 41.1 Å². The van der Waals surface area contributed by atoms with Crippen LogP contribution in [0, 0.1) is 23.7 Å². The number of carbonyl (C=O) groups is 3. The number of hydrogen-bond acceptors (Lipinski definition) is 6. The zero-order valence-electron chi connectivity index (χ0n) is 25.0. The van der Waals surface area contributed by atoms with E-state index in [0.717, 1.165) is 10.8 Å². The van der Waals surface area contributed by atoms with Crippen LogP contribution >= 0.6 is 0 Å². The smallest absolute Gasteiger partial charge is 0.313 e. The lowest BCUT2D eigenvalue weighted by Crippen LogP contribution is -2.59. The number of aliphatic hydroxyl groups is 1. The monoisotopic (exact) mass is 574 g/mol. The van der Waals surface area contributed by atoms with Gasteiger partial charge in [-0.25, -0.2) is 0 Å². The summed E-state index contributed by atoms with van der Waals surface area (Å²) in [5.41, 5.74) is -1.56. The molecule has 224 valence electrons. The van der Waals surface area contributed by atoms with Crippen molar-refractivity contribution in [2.75, 3.05) is 24.7 Å². The lowest BCUT2D eigenvalue weighted by molar-refractivity contribution is -0.161. The van der Waals surface area contributed by atoms with Gasteiger partial charge in [-0.3, -0.25) is 14.4 Å². The number of amides is 2. The van der Waals surface area contributed by atoms with Crippen molar-refractivity contribution in [3.05, 3.63) is 67.8 Å². The first-order valence-electron chi connectivity index (χ1n) is 14.9. The number of carbonyl (C=O) groups excluding carboxylic acids is 3. The van der Waals surface area contributed by atoms with E-state index in [-0.39, 0.29) is 43.4 Å². The number of benzene rings is 2. The highest BCUT2D eigenvalue weighted by atomic mass is 16.6. The predicted octanol–water partition coefficient (Wildman–Crippen LogP) is 4.51. The minimum atomic E-state index is -1.25. The van der Waals surface area contributed by atoms with E-state index in [1.54, 1.807) is 11.0 Å². The van der Waals surface area contributed by atoms with Gasteiger partial charge in [0.1, 0.15) is 24.2 Å². The summed E-state index contributed by atoms with van der Waals surface area (Å²) in [5.74, 6) is -2.96. The Labute approximate surface area is 248 Å². The second kappa shape index (κ2) is 11.3. The largest absolute Gasteiger partial charge is 0.461 e. The van der Waals surface area contributed by atoms with Crippen molar-refractivity contribution in [3.63, 3.8) is 0 Å². The fraction of sp³-hybridized carbons (Fsp3) is 0.500. The molecule has 2 aromatic carbocycles. The second-order valence-electron chi connectivity index (χ2n) is 12.6. The summed E-state index contributed by atoms with van der Waals surface area (Å²) in [4.78, 5) is 46.1. The molecule has 8 nitrogen and oxygen atoms in total. The number of esters is 1. The maximum absolute atomic E-state index is 14.9. The Morgan fingerprint density at radius 2 is 1.90 bits per heavy atom. The minimum absolute atomic E-state index is 0.0153. The highest BCUT2D eigenvalue weighted by Gasteiger charge is 2.80. The Kier molecular flexibility index (Phi) is 8.07. The molecule has 2 aromatic rings. The van der Waals surface area contributed by atoms with Crippen LogP contribution < -0.4 is 4.90 Å². The highest BCUT2D eigenvalue weighted by molar-refractivity contribution is 6.06. The van der Waals surface area contributed by atoms with Crippen molar-refractivity contribution in [1.82, 2.24) is 4.90 Å². The summed E-state index contributed by atoms with van der Waals surface area (Å²) in [6.45, 7) is 15.3. The normalized spacial score (nSPS) is 30.4. The van der Waals surface area contributed by atoms with E-state index in [2.05, 4.69) is 13.2 Å². The van der Waals surface area contributed by atoms with Crippen LogP contribution in [0.3, 0.4) is 0 Å². The average molecular weight is 575 g/mol. The fourth-order valence-electron chi connectivity index (χ4n) is 7.70. The van der Waals surface area contributed by atoms with Crippen molar-refractivity contribution in [1.29, 1.82) is 0 Å². The van der Waals surface area contributed by atoms with Crippen LogP contribution in [-0.2, 0) is 23.9 Å². The van der Waals surface area contributed by atoms with Crippen LogP contribution in [0.1, 0.15) is 40.5 Å². The van der Waals surface area contributed by atoms with Crippen LogP contribution in [0.5, 0.6) is 0 Å². The molecular formula is C34H42N2O6. The summed E-state index contributed by atoms with van der Waals surface area (Å²) in [5, 5.41) is 12.6. The lowest BCUT2D eigenvalue weighted by Gasteiger charge is -2.40. The molecule has 42 heavy (non-hydrogen) atoms. The lowest BCUT2D eigenvalue weighted by atomic mass is 9.62. The Bertz CT molecular complexity index is 1410. The van der Waals surface area contributed by atoms with E-state index in [4.69, 9.17) is 9.47 Å². The topological polar surface area (TPSA) is 96.4 Å². The summed E-state index contributed by atoms with van der Waals surface area (Å²) >= 11 is 0. The Morgan fingerprint density at radius 1 is 1.19 bits per heavy atom. The van der Waals surface area contributed by atoms with Gasteiger partial charge in [-0.2, -0.15) is 0 Å². The molecule has 2 amide bonds. The molecule has 3 aliphatic rings. The second-order valence-corrected chi connectivity index (χ2v) is 12.6. The summed E-state index contributed by atoms with van der Waals surface area (Å²) in [7, 11) is 0. The van der Waals surface area contributed by atoms with Crippen LogP contribution in [-0.4, -0.2) is 70.8 Å². The van der Waals surface area contributed by atoms with Gasteiger partial charge in [0.05, 0.1) is 24.2 Å². The van der Waals surface area contributed by atoms with Crippen LogP contribution in [0.2, 0.25) is 0 Å². The van der Waals surface area contributed by atoms with Crippen molar-refractivity contribution < 1.29 is 29.0 Å². The average Bonchev–Trinajstić information content (AvgIpc) is 3.49. The number of aliphatic hydroxyl groups excluding tert-OH is 1. The quantitative estimate of drug-likeness (QED) is 0.314. The van der Waals surface area contributed by atoms with Crippen LogP contribution in [0.4, 0.5) is 5.69 Å². The molecule has 7 atom stereocenters. The van der Waals surface area contributed by atoms with Gasteiger partial charge < -0.3 is 24.4 Å². The van der Waals surface area contributed by atoms with Gasteiger partial charge in [-0.05, 0) is 54.5 Å². The molecule has 8 heteroatoms. The Hall–Kier alpha value is -3.49. The van der Waals surface area contributed by atoms with E-state index >= 15 is 0 Å². The molecule has 3 aliphatic heterocycles. The third-order valence-electron chi connectivity index (χ3n) is 9.55. The molecule has 0 radical (unpaired) electrons. The number of anilines is 1. The van der Waals surface area contributed by atoms with E-state index in [9.17, 15) is 19.5 Å². The molecule has 1 spiro atoms. The first-order chi connectivity index (χ1) is 20.0. The molecule has 3 fully saturated rings. The zero-order chi connectivity index (χ0) is 30.4. The van der Waals surface area contributed by atoms with E-state index in [1.165, 1.54) is 11.0 Å². The van der Waals surface area contributed by atoms with Crippen molar-refractivity contribution in [3.8, 4) is 0 Å². The molecule has 3 saturated heterocycles. The molecule has 0 aromatic heterocycles. The van der Waals surface area contributed by atoms with E-state index in [1.807, 2.05) is 70.2 Å². The SMILES string of the molecule is C=CCOC(=O)[C@H]1[C@H]2C(=O)N([C@@H](CO)CC(C)C)C(C(=O)N(CC=C)c3ccc4ccccc4c3)C23CC(C)[C@]1(C)O3. The highest BCUT2D eigenvalue weighted by Crippen LogP contribution is 2.65. The molecule has 2 bridgehead atoms. The van der Waals surface area contributed by atoms with Crippen LogP contribution in [0.25, 0.3) is 10.8 Å². The number of hydrogen-bond donors (Lipinski definition) is 1. The Balaban J connectivity index is 1.65. The van der Waals surface area contributed by atoms with Gasteiger partial charge in [0.2, 0.25) is 5.91 Å². The number of rotatable bonds is 11. The third-order valence-corrected chi connectivity index (χ3v) is 9.55. The Morgan fingerprint density at radius 3 is 2.55 bits per heavy atom. The molecule has 0 aliphatic carbocycles. The molecule has 3 unspecified atom stereocenters. The maximum Gasteiger partial charge on any atom is 0.313 e. The van der Waals surface area contributed by atoms with Crippen molar-refractivity contribution >= 4 is 34.2 Å². The van der Waals surface area contributed by atoms with Crippen molar-refractivity contribution in [2.24, 2.45) is 23.7 Å². The first kappa shape index (κ1) is 30.0. The van der Waals surface area contributed by atoms with Gasteiger partial charge in [-0.1, -0.05) is 69.8 Å². The summed E-state index contributed by atoms with van der Waals surface area (Å²) in [6.07, 6.45) is 4.07. The predicted molar refractivity (Wildman–Crippen MR) is 162 cm³/mol. The summed E-state index contributed by atoms with van der Waals surface area (Å²) in [6, 6.07) is 12.1. The standard InChI is InChI=1S/C34H42N2O6/c1-7-15-35(25-14-13-23-11-9-10-12-24(23)18-25)31(39)29-34-19-22(5)33(6,42-34)28(32(40)41-16-8-2)27(34)30(38)36(29)26(20-37)17-21(3)4/h7-14,18,21-22,26-29,37H,1-2,15-17,19-20H2,3-6H3/t22?,26-,27+,28-,29?,33+,34?/m1/s1. The zero-order valence-corrected chi connectivity index (χ0v) is 25.0. The van der Waals surface area contributed by atoms with Gasteiger partial charge in [0, 0.05) is 12.2 Å². The van der Waals surface area contributed by atoms with Gasteiger partial charge in [0.25, 0.3) is 5.91 Å². The van der Waals surface area contributed by atoms with Gasteiger partial charge in [0.15, 0.2) is 0 Å². The van der Waals surface area contributed by atoms with Crippen molar-refractivity contribution in [2.45, 2.75) is 63.8 Å². The number of ether oxygens (including phenoxy) is 2.